The zero-order valence-electron chi connectivity index (χ0n) is 11.6. The van der Waals surface area contributed by atoms with Gasteiger partial charge in [-0.15, -0.1) is 0 Å². The molecule has 1 atom stereocenters. The second-order valence-corrected chi connectivity index (χ2v) is 4.75. The smallest absolute Gasteiger partial charge is 0.328 e. The van der Waals surface area contributed by atoms with Crippen molar-refractivity contribution in [3.63, 3.8) is 0 Å². The zero-order valence-corrected chi connectivity index (χ0v) is 11.6. The first-order chi connectivity index (χ1) is 9.19. The molecule has 19 heavy (non-hydrogen) atoms. The summed E-state index contributed by atoms with van der Waals surface area (Å²) >= 11 is 0. The van der Waals surface area contributed by atoms with Gasteiger partial charge in [0, 0.05) is 12.2 Å². The van der Waals surface area contributed by atoms with Crippen molar-refractivity contribution in [3.8, 4) is 0 Å². The van der Waals surface area contributed by atoms with Crippen LogP contribution in [0.5, 0.6) is 0 Å². The quantitative estimate of drug-likeness (QED) is 0.904. The maximum atomic E-state index is 11.4. The SMILES string of the molecule is CCc1cccc(CC)c1N1CCOCC1C(=O)O. The number of nitrogens with zero attached hydrogens (tertiary/aromatic N) is 1. The van der Waals surface area contributed by atoms with Crippen molar-refractivity contribution in [2.75, 3.05) is 24.7 Å². The van der Waals surface area contributed by atoms with Gasteiger partial charge in [-0.25, -0.2) is 4.79 Å². The van der Waals surface area contributed by atoms with E-state index in [1.807, 2.05) is 4.90 Å². The van der Waals surface area contributed by atoms with Crippen molar-refractivity contribution in [3.05, 3.63) is 29.3 Å². The van der Waals surface area contributed by atoms with Crippen LogP contribution in [0.4, 0.5) is 5.69 Å². The van der Waals surface area contributed by atoms with Crippen LogP contribution in [0.2, 0.25) is 0 Å². The first-order valence-electron chi connectivity index (χ1n) is 6.87. The van der Waals surface area contributed by atoms with Gasteiger partial charge < -0.3 is 14.7 Å². The summed E-state index contributed by atoms with van der Waals surface area (Å²) in [6.45, 7) is 5.70. The van der Waals surface area contributed by atoms with Crippen LogP contribution in [0.25, 0.3) is 0 Å². The van der Waals surface area contributed by atoms with Gasteiger partial charge in [-0.3, -0.25) is 0 Å². The van der Waals surface area contributed by atoms with Crippen molar-refractivity contribution in [2.24, 2.45) is 0 Å². The second kappa shape index (κ2) is 6.06. The molecular weight excluding hydrogens is 242 g/mol. The number of anilines is 1. The highest BCUT2D eigenvalue weighted by Gasteiger charge is 2.31. The number of hydrogen-bond donors (Lipinski definition) is 1. The molecule has 0 saturated carbocycles. The number of carbonyl (C=O) groups is 1. The third-order valence-electron chi connectivity index (χ3n) is 3.67. The average Bonchev–Trinajstić information content (AvgIpc) is 2.46. The molecule has 104 valence electrons. The number of hydrogen-bond acceptors (Lipinski definition) is 3. The van der Waals surface area contributed by atoms with Crippen LogP contribution in [0.15, 0.2) is 18.2 Å². The van der Waals surface area contributed by atoms with Crippen molar-refractivity contribution in [1.82, 2.24) is 0 Å². The number of rotatable bonds is 4. The molecule has 2 rings (SSSR count). The minimum absolute atomic E-state index is 0.260. The molecule has 1 heterocycles. The lowest BCUT2D eigenvalue weighted by atomic mass is 10.00. The summed E-state index contributed by atoms with van der Waals surface area (Å²) < 4.78 is 5.32. The molecule has 0 aromatic heterocycles. The number of para-hydroxylation sites is 1. The van der Waals surface area contributed by atoms with Crippen LogP contribution in [0.3, 0.4) is 0 Å². The number of benzene rings is 1. The molecule has 0 bridgehead atoms. The number of carboxylic acids is 1. The molecule has 4 nitrogen and oxygen atoms in total. The Morgan fingerprint density at radius 2 is 2.00 bits per heavy atom. The molecule has 0 amide bonds. The van der Waals surface area contributed by atoms with Crippen LogP contribution < -0.4 is 4.90 Å². The van der Waals surface area contributed by atoms with Crippen molar-refractivity contribution in [2.45, 2.75) is 32.7 Å². The Balaban J connectivity index is 2.45. The second-order valence-electron chi connectivity index (χ2n) is 4.75. The molecule has 1 saturated heterocycles. The standard InChI is InChI=1S/C15H21NO3/c1-3-11-6-5-7-12(4-2)14(11)16-8-9-19-10-13(16)15(17)18/h5-7,13H,3-4,8-10H2,1-2H3,(H,17,18). The summed E-state index contributed by atoms with van der Waals surface area (Å²) in [4.78, 5) is 13.4. The Morgan fingerprint density at radius 1 is 1.37 bits per heavy atom. The highest BCUT2D eigenvalue weighted by molar-refractivity contribution is 5.80. The fourth-order valence-electron chi connectivity index (χ4n) is 2.66. The number of ether oxygens (including phenoxy) is 1. The zero-order chi connectivity index (χ0) is 13.8. The fraction of sp³-hybridized carbons (Fsp3) is 0.533. The summed E-state index contributed by atoms with van der Waals surface area (Å²) in [5, 5.41) is 9.38. The molecular formula is C15H21NO3. The maximum absolute atomic E-state index is 11.4. The largest absolute Gasteiger partial charge is 0.480 e. The Bertz CT molecular complexity index is 436. The highest BCUT2D eigenvalue weighted by atomic mass is 16.5. The van der Waals surface area contributed by atoms with E-state index in [1.54, 1.807) is 0 Å². The van der Waals surface area contributed by atoms with Crippen LogP contribution >= 0.6 is 0 Å². The van der Waals surface area contributed by atoms with Gasteiger partial charge >= 0.3 is 5.97 Å². The van der Waals surface area contributed by atoms with Gasteiger partial charge in [0.25, 0.3) is 0 Å². The van der Waals surface area contributed by atoms with E-state index in [2.05, 4.69) is 32.0 Å². The first kappa shape index (κ1) is 13.9. The topological polar surface area (TPSA) is 49.8 Å². The molecule has 0 spiro atoms. The molecule has 0 aliphatic carbocycles. The molecule has 1 aromatic carbocycles. The minimum atomic E-state index is -0.812. The maximum Gasteiger partial charge on any atom is 0.328 e. The van der Waals surface area contributed by atoms with Crippen LogP contribution in [0, 0.1) is 0 Å². The van der Waals surface area contributed by atoms with E-state index in [1.165, 1.54) is 11.1 Å². The van der Waals surface area contributed by atoms with E-state index in [9.17, 15) is 9.90 Å². The Kier molecular flexibility index (Phi) is 4.43. The lowest BCUT2D eigenvalue weighted by Crippen LogP contribution is -2.50. The van der Waals surface area contributed by atoms with Crippen LogP contribution in [-0.4, -0.2) is 36.9 Å². The first-order valence-corrected chi connectivity index (χ1v) is 6.87. The summed E-state index contributed by atoms with van der Waals surface area (Å²) in [5.41, 5.74) is 3.53. The molecule has 1 aliphatic heterocycles. The van der Waals surface area contributed by atoms with Gasteiger partial charge in [-0.05, 0) is 24.0 Å². The van der Waals surface area contributed by atoms with E-state index in [0.29, 0.717) is 13.2 Å². The van der Waals surface area contributed by atoms with Gasteiger partial charge in [0.15, 0.2) is 6.04 Å². The van der Waals surface area contributed by atoms with Gasteiger partial charge in [0.2, 0.25) is 0 Å². The molecule has 0 radical (unpaired) electrons. The Labute approximate surface area is 114 Å². The molecule has 1 aliphatic rings. The number of aliphatic carboxylic acids is 1. The van der Waals surface area contributed by atoms with E-state index < -0.39 is 12.0 Å². The van der Waals surface area contributed by atoms with Crippen LogP contribution in [-0.2, 0) is 22.4 Å². The fourth-order valence-corrected chi connectivity index (χ4v) is 2.66. The predicted octanol–water partition coefficient (Wildman–Crippen LogP) is 2.10. The van der Waals surface area contributed by atoms with Gasteiger partial charge in [-0.2, -0.15) is 0 Å². The van der Waals surface area contributed by atoms with Crippen LogP contribution in [0.1, 0.15) is 25.0 Å². The normalized spacial score (nSPS) is 19.5. The van der Waals surface area contributed by atoms with E-state index in [-0.39, 0.29) is 6.61 Å². The highest BCUT2D eigenvalue weighted by Crippen LogP contribution is 2.29. The Hall–Kier alpha value is -1.55. The average molecular weight is 263 g/mol. The third-order valence-corrected chi connectivity index (χ3v) is 3.67. The van der Waals surface area contributed by atoms with E-state index in [4.69, 9.17) is 4.74 Å². The van der Waals surface area contributed by atoms with Crippen molar-refractivity contribution in [1.29, 1.82) is 0 Å². The van der Waals surface area contributed by atoms with Crippen molar-refractivity contribution >= 4 is 11.7 Å². The molecule has 1 N–H and O–H groups in total. The monoisotopic (exact) mass is 263 g/mol. The molecule has 4 heteroatoms. The van der Waals surface area contributed by atoms with E-state index in [0.717, 1.165) is 18.5 Å². The summed E-state index contributed by atoms with van der Waals surface area (Å²) in [7, 11) is 0. The number of morpholine rings is 1. The molecule has 1 fully saturated rings. The lowest BCUT2D eigenvalue weighted by molar-refractivity contribution is -0.141. The van der Waals surface area contributed by atoms with Gasteiger partial charge in [-0.1, -0.05) is 32.0 Å². The molecule has 1 aromatic rings. The Morgan fingerprint density at radius 3 is 2.53 bits per heavy atom. The third kappa shape index (κ3) is 2.73. The van der Waals surface area contributed by atoms with Gasteiger partial charge in [0.05, 0.1) is 13.2 Å². The predicted molar refractivity (Wildman–Crippen MR) is 74.8 cm³/mol. The summed E-state index contributed by atoms with van der Waals surface area (Å²) in [5.74, 6) is -0.812. The summed E-state index contributed by atoms with van der Waals surface area (Å²) in [6.07, 6.45) is 1.82. The van der Waals surface area contributed by atoms with E-state index >= 15 is 0 Å². The molecule has 1 unspecified atom stereocenters. The number of aryl methyl sites for hydroxylation is 2. The number of carboxylic acid groups (broad SMARTS) is 1. The van der Waals surface area contributed by atoms with Gasteiger partial charge in [0.1, 0.15) is 0 Å². The summed E-state index contributed by atoms with van der Waals surface area (Å²) in [6, 6.07) is 5.65. The van der Waals surface area contributed by atoms with Crippen molar-refractivity contribution < 1.29 is 14.6 Å². The minimum Gasteiger partial charge on any atom is -0.480 e. The lowest BCUT2D eigenvalue weighted by Gasteiger charge is -2.37.